The maximum absolute atomic E-state index is 10.9. The van der Waals surface area contributed by atoms with Crippen molar-refractivity contribution in [2.24, 2.45) is 0 Å². The normalized spacial score (nSPS) is 19.0. The summed E-state index contributed by atoms with van der Waals surface area (Å²) in [5.74, 6) is 0. The molecule has 1 aliphatic heterocycles. The topological polar surface area (TPSA) is 67.2 Å². The van der Waals surface area contributed by atoms with E-state index in [1.54, 1.807) is 24.3 Å². The molecule has 0 aromatic heterocycles. The Labute approximate surface area is 144 Å². The molecule has 0 saturated carbocycles. The van der Waals surface area contributed by atoms with Crippen molar-refractivity contribution in [2.45, 2.75) is 18.9 Å². The Morgan fingerprint density at radius 1 is 1.08 bits per heavy atom. The van der Waals surface area contributed by atoms with Crippen molar-refractivity contribution in [1.82, 2.24) is 10.6 Å². The molecule has 0 radical (unpaired) electrons. The zero-order valence-electron chi connectivity index (χ0n) is 12.8. The third-order valence-electron chi connectivity index (χ3n) is 4.57. The number of nitrogens with one attached hydrogen (secondary N) is 2. The van der Waals surface area contributed by atoms with E-state index in [1.165, 1.54) is 16.7 Å². The maximum Gasteiger partial charge on any atom is 0.269 e. The van der Waals surface area contributed by atoms with Gasteiger partial charge in [-0.2, -0.15) is 0 Å². The summed E-state index contributed by atoms with van der Waals surface area (Å²) in [4.78, 5) is 10.5. The Kier molecular flexibility index (Phi) is 3.54. The van der Waals surface area contributed by atoms with Gasteiger partial charge in [0.2, 0.25) is 0 Å². The van der Waals surface area contributed by atoms with Crippen molar-refractivity contribution in [3.05, 3.63) is 80.9 Å². The SMILES string of the molecule is O=[N+]([O-])c1ccc(C2NC(=S)NC3=C2CCc2ccccc23)cc1. The van der Waals surface area contributed by atoms with Crippen molar-refractivity contribution in [3.63, 3.8) is 0 Å². The number of nitrogens with zero attached hydrogens (tertiary/aromatic N) is 1. The molecular weight excluding hydrogens is 322 g/mol. The summed E-state index contributed by atoms with van der Waals surface area (Å²) < 4.78 is 0. The van der Waals surface area contributed by atoms with E-state index in [0.29, 0.717) is 5.11 Å². The van der Waals surface area contributed by atoms with Crippen LogP contribution in [0.2, 0.25) is 0 Å². The van der Waals surface area contributed by atoms with Gasteiger partial charge in [0.1, 0.15) is 0 Å². The quantitative estimate of drug-likeness (QED) is 0.499. The highest BCUT2D eigenvalue weighted by Crippen LogP contribution is 2.38. The van der Waals surface area contributed by atoms with Crippen molar-refractivity contribution in [2.75, 3.05) is 0 Å². The first-order chi connectivity index (χ1) is 11.6. The molecule has 4 rings (SSSR count). The maximum atomic E-state index is 10.9. The van der Waals surface area contributed by atoms with Crippen LogP contribution in [0.4, 0.5) is 5.69 Å². The second kappa shape index (κ2) is 5.72. The molecule has 1 unspecified atom stereocenters. The number of nitro groups is 1. The van der Waals surface area contributed by atoms with Crippen LogP contribution in [0.3, 0.4) is 0 Å². The first-order valence-corrected chi connectivity index (χ1v) is 8.17. The highest BCUT2D eigenvalue weighted by atomic mass is 32.1. The zero-order chi connectivity index (χ0) is 16.7. The number of nitro benzene ring substituents is 1. The molecule has 5 nitrogen and oxygen atoms in total. The molecule has 6 heteroatoms. The lowest BCUT2D eigenvalue weighted by Gasteiger charge is -2.35. The fraction of sp³-hybridized carbons (Fsp3) is 0.167. The molecule has 0 amide bonds. The predicted molar refractivity (Wildman–Crippen MR) is 96.4 cm³/mol. The second-order valence-electron chi connectivity index (χ2n) is 5.94. The Hall–Kier alpha value is -2.73. The van der Waals surface area contributed by atoms with Gasteiger partial charge in [-0.05, 0) is 53.9 Å². The summed E-state index contributed by atoms with van der Waals surface area (Å²) >= 11 is 5.38. The Morgan fingerprint density at radius 3 is 2.58 bits per heavy atom. The lowest BCUT2D eigenvalue weighted by atomic mass is 9.83. The summed E-state index contributed by atoms with van der Waals surface area (Å²) in [5.41, 5.74) is 5.90. The third-order valence-corrected chi connectivity index (χ3v) is 4.79. The van der Waals surface area contributed by atoms with E-state index in [9.17, 15) is 10.1 Å². The number of aryl methyl sites for hydroxylation is 1. The van der Waals surface area contributed by atoms with Gasteiger partial charge in [0.15, 0.2) is 5.11 Å². The van der Waals surface area contributed by atoms with E-state index in [2.05, 4.69) is 28.8 Å². The summed E-state index contributed by atoms with van der Waals surface area (Å²) in [7, 11) is 0. The minimum atomic E-state index is -0.383. The van der Waals surface area contributed by atoms with E-state index < -0.39 is 0 Å². The van der Waals surface area contributed by atoms with Crippen molar-refractivity contribution in [3.8, 4) is 0 Å². The molecule has 1 aliphatic carbocycles. The standard InChI is InChI=1S/C18H15N3O2S/c22-21(23)13-8-5-12(6-9-13)16-15-10-7-11-3-1-2-4-14(11)17(15)20-18(24)19-16/h1-6,8-9,16H,7,10H2,(H2,19,20,24). The number of non-ortho nitro benzene ring substituents is 1. The first kappa shape index (κ1) is 14.8. The molecule has 2 aromatic carbocycles. The van der Waals surface area contributed by atoms with E-state index in [0.717, 1.165) is 24.1 Å². The van der Waals surface area contributed by atoms with Crippen molar-refractivity contribution in [1.29, 1.82) is 0 Å². The van der Waals surface area contributed by atoms with Gasteiger partial charge >= 0.3 is 0 Å². The van der Waals surface area contributed by atoms with Gasteiger partial charge in [-0.1, -0.05) is 24.3 Å². The molecule has 24 heavy (non-hydrogen) atoms. The number of hydrogen-bond donors (Lipinski definition) is 2. The molecule has 120 valence electrons. The van der Waals surface area contributed by atoms with Crippen LogP contribution < -0.4 is 10.6 Å². The highest BCUT2D eigenvalue weighted by molar-refractivity contribution is 7.80. The average Bonchev–Trinajstić information content (AvgIpc) is 2.61. The summed E-state index contributed by atoms with van der Waals surface area (Å²) in [6.45, 7) is 0. The fourth-order valence-electron chi connectivity index (χ4n) is 3.43. The molecule has 1 heterocycles. The van der Waals surface area contributed by atoms with Gasteiger partial charge in [0, 0.05) is 23.4 Å². The van der Waals surface area contributed by atoms with Crippen LogP contribution in [0.1, 0.15) is 29.2 Å². The average molecular weight is 337 g/mol. The van der Waals surface area contributed by atoms with Crippen molar-refractivity contribution < 1.29 is 4.92 Å². The smallest absolute Gasteiger partial charge is 0.269 e. The van der Waals surface area contributed by atoms with E-state index in [1.807, 2.05) is 6.07 Å². The molecule has 0 spiro atoms. The van der Waals surface area contributed by atoms with Crippen LogP contribution in [0.25, 0.3) is 5.70 Å². The molecule has 2 aliphatic rings. The van der Waals surface area contributed by atoms with Gasteiger partial charge < -0.3 is 10.6 Å². The van der Waals surface area contributed by atoms with E-state index >= 15 is 0 Å². The fourth-order valence-corrected chi connectivity index (χ4v) is 3.65. The molecule has 0 bridgehead atoms. The molecule has 0 fully saturated rings. The van der Waals surface area contributed by atoms with Crippen LogP contribution in [0.5, 0.6) is 0 Å². The van der Waals surface area contributed by atoms with E-state index in [-0.39, 0.29) is 16.7 Å². The van der Waals surface area contributed by atoms with Crippen LogP contribution in [-0.4, -0.2) is 10.0 Å². The summed E-state index contributed by atoms with van der Waals surface area (Å²) in [6.07, 6.45) is 1.91. The molecule has 0 saturated heterocycles. The lowest BCUT2D eigenvalue weighted by molar-refractivity contribution is -0.384. The Balaban J connectivity index is 1.79. The first-order valence-electron chi connectivity index (χ1n) is 7.76. The molecular formula is C18H15N3O2S. The largest absolute Gasteiger partial charge is 0.352 e. The van der Waals surface area contributed by atoms with E-state index in [4.69, 9.17) is 12.2 Å². The van der Waals surface area contributed by atoms with Gasteiger partial charge in [0.05, 0.1) is 11.0 Å². The molecule has 2 aromatic rings. The Bertz CT molecular complexity index is 874. The third kappa shape index (κ3) is 2.45. The number of fused-ring (bicyclic) bond motifs is 2. The van der Waals surface area contributed by atoms with Crippen LogP contribution in [0, 0.1) is 10.1 Å². The van der Waals surface area contributed by atoms with Crippen LogP contribution in [0.15, 0.2) is 54.1 Å². The summed E-state index contributed by atoms with van der Waals surface area (Å²) in [5, 5.41) is 18.0. The number of rotatable bonds is 2. The van der Waals surface area contributed by atoms with Gasteiger partial charge in [-0.15, -0.1) is 0 Å². The minimum absolute atomic E-state index is 0.0529. The summed E-state index contributed by atoms with van der Waals surface area (Å²) in [6, 6.07) is 15.0. The molecule has 2 N–H and O–H groups in total. The lowest BCUT2D eigenvalue weighted by Crippen LogP contribution is -2.44. The minimum Gasteiger partial charge on any atom is -0.352 e. The van der Waals surface area contributed by atoms with Crippen molar-refractivity contribution >= 4 is 28.7 Å². The highest BCUT2D eigenvalue weighted by Gasteiger charge is 2.30. The molecule has 1 atom stereocenters. The number of thiocarbonyl (C=S) groups is 1. The monoisotopic (exact) mass is 337 g/mol. The van der Waals surface area contributed by atoms with Gasteiger partial charge in [-0.3, -0.25) is 10.1 Å². The van der Waals surface area contributed by atoms with Crippen LogP contribution >= 0.6 is 12.2 Å². The number of benzene rings is 2. The van der Waals surface area contributed by atoms with Crippen LogP contribution in [-0.2, 0) is 6.42 Å². The number of hydrogen-bond acceptors (Lipinski definition) is 3. The zero-order valence-corrected chi connectivity index (χ0v) is 13.6. The van der Waals surface area contributed by atoms with Gasteiger partial charge in [-0.25, -0.2) is 0 Å². The Morgan fingerprint density at radius 2 is 1.83 bits per heavy atom. The second-order valence-corrected chi connectivity index (χ2v) is 6.35. The van der Waals surface area contributed by atoms with Gasteiger partial charge in [0.25, 0.3) is 5.69 Å². The predicted octanol–water partition coefficient (Wildman–Crippen LogP) is 3.47.